The predicted molar refractivity (Wildman–Crippen MR) is 54.8 cm³/mol. The molecule has 1 fully saturated rings. The average Bonchev–Trinajstić information content (AvgIpc) is 2.84. The first-order chi connectivity index (χ1) is 7.68. The maximum atomic E-state index is 11.6. The zero-order valence-corrected chi connectivity index (χ0v) is 9.44. The van der Waals surface area contributed by atoms with Crippen LogP contribution in [0.15, 0.2) is 11.5 Å². The summed E-state index contributed by atoms with van der Waals surface area (Å²) in [5.41, 5.74) is 0. The van der Waals surface area contributed by atoms with Crippen molar-refractivity contribution < 1.29 is 14.3 Å². The smallest absolute Gasteiger partial charge is 0.416 e. The van der Waals surface area contributed by atoms with Crippen LogP contribution < -0.4 is 0 Å². The summed E-state index contributed by atoms with van der Waals surface area (Å²) in [5.74, 6) is -0.114. The van der Waals surface area contributed by atoms with Crippen LogP contribution in [-0.4, -0.2) is 50.6 Å². The van der Waals surface area contributed by atoms with Gasteiger partial charge in [0, 0.05) is 7.05 Å². The molecule has 1 aromatic rings. The molecule has 1 aliphatic rings. The maximum absolute atomic E-state index is 11.6. The van der Waals surface area contributed by atoms with Gasteiger partial charge in [0.05, 0.1) is 12.3 Å². The summed E-state index contributed by atoms with van der Waals surface area (Å²) in [5, 5.41) is 8.15. The molecule has 0 radical (unpaired) electrons. The number of cyclic esters (lactones) is 1. The van der Waals surface area contributed by atoms with E-state index in [-0.39, 0.29) is 18.3 Å². The first kappa shape index (κ1) is 10.9. The molecular weight excluding hydrogens is 232 g/mol. The predicted octanol–water partition coefficient (Wildman–Crippen LogP) is -0.114. The Labute approximate surface area is 95.8 Å². The van der Waals surface area contributed by atoms with Crippen LogP contribution in [0.5, 0.6) is 0 Å². The normalized spacial score (nSPS) is 15.3. The van der Waals surface area contributed by atoms with Crippen LogP contribution in [0, 0.1) is 0 Å². The lowest BCUT2D eigenvalue weighted by Gasteiger charge is -2.09. The van der Waals surface area contributed by atoms with E-state index in [4.69, 9.17) is 0 Å². The number of carbonyl (C=O) groups excluding carboxylic acids is 2. The van der Waals surface area contributed by atoms with Crippen LogP contribution in [0.2, 0.25) is 0 Å². The Balaban J connectivity index is 1.89. The lowest BCUT2D eigenvalue weighted by atomic mass is 10.5. The molecule has 1 aromatic heterocycles. The second kappa shape index (κ2) is 4.52. The number of aromatic nitrogens is 3. The van der Waals surface area contributed by atoms with Crippen molar-refractivity contribution in [3.05, 3.63) is 6.33 Å². The molecule has 8 heteroatoms. The average molecular weight is 242 g/mol. The molecule has 2 rings (SSSR count). The van der Waals surface area contributed by atoms with Crippen LogP contribution in [0.1, 0.15) is 0 Å². The first-order valence-electron chi connectivity index (χ1n) is 4.62. The van der Waals surface area contributed by atoms with Crippen molar-refractivity contribution in [2.75, 3.05) is 18.9 Å². The van der Waals surface area contributed by atoms with E-state index in [1.807, 2.05) is 0 Å². The molecule has 16 heavy (non-hydrogen) atoms. The monoisotopic (exact) mass is 242 g/mol. The van der Waals surface area contributed by atoms with Crippen molar-refractivity contribution >= 4 is 23.8 Å². The highest BCUT2D eigenvalue weighted by Crippen LogP contribution is 2.15. The van der Waals surface area contributed by atoms with Gasteiger partial charge in [0.15, 0.2) is 5.16 Å². The molecule has 0 bridgehead atoms. The summed E-state index contributed by atoms with van der Waals surface area (Å²) in [4.78, 5) is 23.8. The third-order valence-electron chi connectivity index (χ3n) is 2.06. The maximum Gasteiger partial charge on any atom is 0.416 e. The van der Waals surface area contributed by atoms with Crippen molar-refractivity contribution in [3.8, 4) is 0 Å². The second-order valence-corrected chi connectivity index (χ2v) is 4.12. The number of ether oxygens (including phenoxy) is 1. The number of hydrogen-bond acceptors (Lipinski definition) is 6. The Morgan fingerprint density at radius 3 is 3.06 bits per heavy atom. The summed E-state index contributed by atoms with van der Waals surface area (Å²) < 4.78 is 6.38. The van der Waals surface area contributed by atoms with E-state index < -0.39 is 6.09 Å². The minimum atomic E-state index is -0.566. The molecule has 0 unspecified atom stereocenters. The van der Waals surface area contributed by atoms with Gasteiger partial charge in [-0.1, -0.05) is 11.8 Å². The molecule has 0 aliphatic carbocycles. The van der Waals surface area contributed by atoms with E-state index in [2.05, 4.69) is 14.9 Å². The molecule has 0 atom stereocenters. The summed E-state index contributed by atoms with van der Waals surface area (Å²) >= 11 is 1.24. The van der Waals surface area contributed by atoms with Crippen LogP contribution in [0.25, 0.3) is 0 Å². The van der Waals surface area contributed by atoms with Crippen molar-refractivity contribution in [3.63, 3.8) is 0 Å². The number of aryl methyl sites for hydroxylation is 1. The highest BCUT2D eigenvalue weighted by Gasteiger charge is 2.28. The number of hydrogen-bond donors (Lipinski definition) is 0. The lowest BCUT2D eigenvalue weighted by molar-refractivity contribution is -0.125. The third kappa shape index (κ3) is 2.16. The van der Waals surface area contributed by atoms with Crippen molar-refractivity contribution in [2.45, 2.75) is 5.16 Å². The highest BCUT2D eigenvalue weighted by atomic mass is 32.2. The summed E-state index contributed by atoms with van der Waals surface area (Å²) in [6.45, 7) is 0.607. The van der Waals surface area contributed by atoms with Gasteiger partial charge in [0.25, 0.3) is 0 Å². The van der Waals surface area contributed by atoms with Gasteiger partial charge >= 0.3 is 6.09 Å². The van der Waals surface area contributed by atoms with E-state index >= 15 is 0 Å². The van der Waals surface area contributed by atoms with Gasteiger partial charge in [-0.2, -0.15) is 0 Å². The molecule has 86 valence electrons. The number of nitrogens with zero attached hydrogens (tertiary/aromatic N) is 4. The van der Waals surface area contributed by atoms with E-state index in [0.29, 0.717) is 11.7 Å². The van der Waals surface area contributed by atoms with Gasteiger partial charge in [0.2, 0.25) is 5.91 Å². The molecule has 0 saturated carbocycles. The van der Waals surface area contributed by atoms with Crippen LogP contribution >= 0.6 is 11.8 Å². The number of thioether (sulfide) groups is 1. The Hall–Kier alpha value is -1.57. The highest BCUT2D eigenvalue weighted by molar-refractivity contribution is 7.99. The Bertz CT molecular complexity index is 419. The van der Waals surface area contributed by atoms with Gasteiger partial charge < -0.3 is 9.30 Å². The molecule has 1 saturated heterocycles. The van der Waals surface area contributed by atoms with Gasteiger partial charge in [0.1, 0.15) is 12.9 Å². The number of carbonyl (C=O) groups is 2. The fourth-order valence-corrected chi connectivity index (χ4v) is 1.99. The van der Waals surface area contributed by atoms with E-state index in [1.54, 1.807) is 17.9 Å². The Morgan fingerprint density at radius 1 is 1.69 bits per heavy atom. The quantitative estimate of drug-likeness (QED) is 0.688. The van der Waals surface area contributed by atoms with Crippen molar-refractivity contribution in [1.29, 1.82) is 0 Å². The fraction of sp³-hybridized carbons (Fsp3) is 0.500. The van der Waals surface area contributed by atoms with Gasteiger partial charge in [-0.25, -0.2) is 9.69 Å². The summed E-state index contributed by atoms with van der Waals surface area (Å²) in [6.07, 6.45) is 0.986. The summed E-state index contributed by atoms with van der Waals surface area (Å²) in [7, 11) is 1.79. The van der Waals surface area contributed by atoms with Crippen molar-refractivity contribution in [2.24, 2.45) is 7.05 Å². The zero-order chi connectivity index (χ0) is 11.5. The van der Waals surface area contributed by atoms with Crippen LogP contribution in [0.4, 0.5) is 4.79 Å². The standard InChI is InChI=1S/C8H10N4O3S/c1-11-5-9-10-7(11)16-4-6(13)12-2-3-15-8(12)14/h5H,2-4H2,1H3. The molecular formula is C8H10N4O3S. The van der Waals surface area contributed by atoms with Gasteiger partial charge in [-0.05, 0) is 0 Å². The van der Waals surface area contributed by atoms with E-state index in [0.717, 1.165) is 4.90 Å². The van der Waals surface area contributed by atoms with Gasteiger partial charge in [-0.3, -0.25) is 4.79 Å². The summed E-state index contributed by atoms with van der Waals surface area (Å²) in [6, 6.07) is 0. The van der Waals surface area contributed by atoms with Crippen LogP contribution in [-0.2, 0) is 16.6 Å². The molecule has 0 spiro atoms. The number of imide groups is 1. The molecule has 0 N–H and O–H groups in total. The van der Waals surface area contributed by atoms with Crippen LogP contribution in [0.3, 0.4) is 0 Å². The topological polar surface area (TPSA) is 77.3 Å². The molecule has 2 amide bonds. The Morgan fingerprint density at radius 2 is 2.50 bits per heavy atom. The zero-order valence-electron chi connectivity index (χ0n) is 8.62. The minimum absolute atomic E-state index is 0.154. The Kier molecular flexibility index (Phi) is 3.09. The van der Waals surface area contributed by atoms with Crippen molar-refractivity contribution in [1.82, 2.24) is 19.7 Å². The minimum Gasteiger partial charge on any atom is -0.447 e. The number of amides is 2. The van der Waals surface area contributed by atoms with E-state index in [1.165, 1.54) is 11.8 Å². The molecule has 2 heterocycles. The van der Waals surface area contributed by atoms with E-state index in [9.17, 15) is 9.59 Å². The third-order valence-corrected chi connectivity index (χ3v) is 3.08. The first-order valence-corrected chi connectivity index (χ1v) is 5.61. The molecule has 0 aromatic carbocycles. The number of rotatable bonds is 3. The second-order valence-electron chi connectivity index (χ2n) is 3.17. The largest absolute Gasteiger partial charge is 0.447 e. The molecule has 7 nitrogen and oxygen atoms in total. The molecule has 1 aliphatic heterocycles. The SMILES string of the molecule is Cn1cnnc1SCC(=O)N1CCOC1=O. The lowest BCUT2D eigenvalue weighted by Crippen LogP contribution is -2.33. The van der Waals surface area contributed by atoms with Gasteiger partial charge in [-0.15, -0.1) is 10.2 Å². The fourth-order valence-electron chi connectivity index (χ4n) is 1.23.